The first-order chi connectivity index (χ1) is 7.88. The zero-order valence-corrected chi connectivity index (χ0v) is 10.4. The summed E-state index contributed by atoms with van der Waals surface area (Å²) in [5.74, 6) is 6.39. The summed E-state index contributed by atoms with van der Waals surface area (Å²) in [6.45, 7) is 4.03. The van der Waals surface area contributed by atoms with Gasteiger partial charge in [-0.05, 0) is 25.8 Å². The van der Waals surface area contributed by atoms with Crippen LogP contribution in [-0.2, 0) is 4.79 Å². The zero-order chi connectivity index (χ0) is 11.6. The van der Waals surface area contributed by atoms with Crippen LogP contribution in [-0.4, -0.2) is 30.3 Å². The maximum Gasteiger partial charge on any atom is 0.137 e. The zero-order valence-electron chi connectivity index (χ0n) is 10.4. The van der Waals surface area contributed by atoms with Gasteiger partial charge >= 0.3 is 0 Å². The van der Waals surface area contributed by atoms with Crippen molar-refractivity contribution in [2.24, 2.45) is 0 Å². The lowest BCUT2D eigenvalue weighted by atomic mass is 10.2. The van der Waals surface area contributed by atoms with Crippen molar-refractivity contribution in [3.63, 3.8) is 0 Å². The van der Waals surface area contributed by atoms with Crippen LogP contribution in [0.25, 0.3) is 0 Å². The van der Waals surface area contributed by atoms with Gasteiger partial charge in [0.2, 0.25) is 0 Å². The van der Waals surface area contributed by atoms with Gasteiger partial charge in [0.15, 0.2) is 0 Å². The lowest BCUT2D eigenvalue weighted by Gasteiger charge is -2.15. The monoisotopic (exact) mass is 221 g/mol. The number of hydrogen-bond acceptors (Lipinski definition) is 2. The third-order valence-corrected chi connectivity index (χ3v) is 3.13. The van der Waals surface area contributed by atoms with Gasteiger partial charge in [-0.3, -0.25) is 4.90 Å². The third-order valence-electron chi connectivity index (χ3n) is 3.13. The van der Waals surface area contributed by atoms with Crippen LogP contribution < -0.4 is 0 Å². The van der Waals surface area contributed by atoms with Crippen molar-refractivity contribution in [1.29, 1.82) is 0 Å². The molecule has 0 N–H and O–H groups in total. The van der Waals surface area contributed by atoms with Crippen LogP contribution in [0, 0.1) is 11.8 Å². The van der Waals surface area contributed by atoms with Crippen LogP contribution in [0.15, 0.2) is 0 Å². The molecule has 0 unspecified atom stereocenters. The van der Waals surface area contributed by atoms with Crippen molar-refractivity contribution in [2.75, 3.05) is 13.1 Å². The largest absolute Gasteiger partial charge is 0.302 e. The van der Waals surface area contributed by atoms with Crippen LogP contribution in [0.4, 0.5) is 0 Å². The minimum Gasteiger partial charge on any atom is -0.302 e. The molecule has 0 radical (unpaired) electrons. The number of likely N-dealkylation sites (tertiary alicyclic amines) is 1. The Kier molecular flexibility index (Phi) is 6.92. The number of hydrogen-bond donors (Lipinski definition) is 0. The number of unbranched alkanes of at least 4 members (excludes halogenated alkanes) is 4. The van der Waals surface area contributed by atoms with E-state index in [2.05, 4.69) is 23.7 Å². The molecule has 16 heavy (non-hydrogen) atoms. The summed E-state index contributed by atoms with van der Waals surface area (Å²) in [5, 5.41) is 0. The summed E-state index contributed by atoms with van der Waals surface area (Å²) < 4.78 is 0. The average Bonchev–Trinajstić information content (AvgIpc) is 2.75. The summed E-state index contributed by atoms with van der Waals surface area (Å²) >= 11 is 0. The molecule has 0 aromatic rings. The van der Waals surface area contributed by atoms with Crippen molar-refractivity contribution < 1.29 is 4.79 Å². The first kappa shape index (κ1) is 13.3. The smallest absolute Gasteiger partial charge is 0.137 e. The molecule has 0 aliphatic carbocycles. The Morgan fingerprint density at radius 2 is 2.19 bits per heavy atom. The molecule has 0 bridgehead atoms. The fourth-order valence-electron chi connectivity index (χ4n) is 2.09. The minimum absolute atomic E-state index is 0.134. The highest BCUT2D eigenvalue weighted by atomic mass is 16.1. The molecule has 0 aromatic heterocycles. The van der Waals surface area contributed by atoms with Gasteiger partial charge in [-0.2, -0.15) is 0 Å². The predicted octanol–water partition coefficient (Wildman–Crippen LogP) is 2.62. The molecular weight excluding hydrogens is 198 g/mol. The average molecular weight is 221 g/mol. The van der Waals surface area contributed by atoms with E-state index in [1.807, 2.05) is 0 Å². The van der Waals surface area contributed by atoms with E-state index in [4.69, 9.17) is 0 Å². The van der Waals surface area contributed by atoms with E-state index in [0.29, 0.717) is 0 Å². The van der Waals surface area contributed by atoms with E-state index in [1.165, 1.54) is 25.7 Å². The Bertz CT molecular complexity index is 251. The fourth-order valence-corrected chi connectivity index (χ4v) is 2.09. The van der Waals surface area contributed by atoms with E-state index >= 15 is 0 Å². The molecule has 1 rings (SSSR count). The second-order valence-electron chi connectivity index (χ2n) is 4.48. The normalized spacial score (nSPS) is 20.4. The first-order valence-electron chi connectivity index (χ1n) is 6.53. The van der Waals surface area contributed by atoms with E-state index in [9.17, 15) is 4.79 Å². The second kappa shape index (κ2) is 8.35. The van der Waals surface area contributed by atoms with Gasteiger partial charge in [0.05, 0.1) is 12.6 Å². The molecule has 90 valence electrons. The van der Waals surface area contributed by atoms with Crippen LogP contribution >= 0.6 is 0 Å². The summed E-state index contributed by atoms with van der Waals surface area (Å²) in [7, 11) is 0. The Balaban J connectivity index is 2.09. The van der Waals surface area contributed by atoms with E-state index in [-0.39, 0.29) is 6.04 Å². The number of nitrogens with zero attached hydrogens (tertiary/aromatic N) is 1. The van der Waals surface area contributed by atoms with Gasteiger partial charge < -0.3 is 4.79 Å². The quantitative estimate of drug-likeness (QED) is 0.390. The summed E-state index contributed by atoms with van der Waals surface area (Å²) in [6, 6.07) is 0.134. The molecule has 2 nitrogen and oxygen atoms in total. The molecule has 1 atom stereocenters. The second-order valence-corrected chi connectivity index (χ2v) is 4.48. The molecule has 0 aromatic carbocycles. The summed E-state index contributed by atoms with van der Waals surface area (Å²) in [6.07, 6.45) is 9.35. The van der Waals surface area contributed by atoms with Gasteiger partial charge in [-0.25, -0.2) is 0 Å². The Morgan fingerprint density at radius 1 is 1.31 bits per heavy atom. The van der Waals surface area contributed by atoms with E-state index < -0.39 is 0 Å². The SMILES string of the molecule is CCCCCCC#CCN1CCC[C@H]1C=O. The molecule has 0 spiro atoms. The maximum absolute atomic E-state index is 10.7. The van der Waals surface area contributed by atoms with Crippen LogP contribution in [0.2, 0.25) is 0 Å². The molecule has 0 amide bonds. The Labute approximate surface area is 99.4 Å². The Hall–Kier alpha value is -0.810. The van der Waals surface area contributed by atoms with Gasteiger partial charge in [-0.1, -0.05) is 32.1 Å². The van der Waals surface area contributed by atoms with Crippen LogP contribution in [0.1, 0.15) is 51.9 Å². The Morgan fingerprint density at radius 3 is 2.94 bits per heavy atom. The topological polar surface area (TPSA) is 20.3 Å². The van der Waals surface area contributed by atoms with Gasteiger partial charge in [0.25, 0.3) is 0 Å². The third kappa shape index (κ3) is 4.81. The van der Waals surface area contributed by atoms with Gasteiger partial charge in [0, 0.05) is 6.42 Å². The fraction of sp³-hybridized carbons (Fsp3) is 0.786. The van der Waals surface area contributed by atoms with Gasteiger partial charge in [-0.15, -0.1) is 5.92 Å². The summed E-state index contributed by atoms with van der Waals surface area (Å²) in [4.78, 5) is 12.9. The molecular formula is C14H23NO. The molecule has 2 heteroatoms. The molecule has 1 heterocycles. The number of aldehydes is 1. The first-order valence-corrected chi connectivity index (χ1v) is 6.53. The molecule has 1 aliphatic heterocycles. The molecule has 1 aliphatic rings. The van der Waals surface area contributed by atoms with Crippen molar-refractivity contribution in [1.82, 2.24) is 4.90 Å². The van der Waals surface area contributed by atoms with E-state index in [0.717, 1.165) is 38.6 Å². The highest BCUT2D eigenvalue weighted by Gasteiger charge is 2.22. The van der Waals surface area contributed by atoms with Crippen molar-refractivity contribution in [3.05, 3.63) is 0 Å². The molecule has 1 fully saturated rings. The van der Waals surface area contributed by atoms with E-state index in [1.54, 1.807) is 0 Å². The predicted molar refractivity (Wildman–Crippen MR) is 67.2 cm³/mol. The van der Waals surface area contributed by atoms with Crippen molar-refractivity contribution in [2.45, 2.75) is 57.9 Å². The lowest BCUT2D eigenvalue weighted by molar-refractivity contribution is -0.111. The lowest BCUT2D eigenvalue weighted by Crippen LogP contribution is -2.30. The molecule has 1 saturated heterocycles. The van der Waals surface area contributed by atoms with Crippen molar-refractivity contribution in [3.8, 4) is 11.8 Å². The number of carbonyl (C=O) groups excluding carboxylic acids is 1. The van der Waals surface area contributed by atoms with Crippen LogP contribution in [0.5, 0.6) is 0 Å². The maximum atomic E-state index is 10.7. The number of carbonyl (C=O) groups is 1. The minimum atomic E-state index is 0.134. The highest BCUT2D eigenvalue weighted by Crippen LogP contribution is 2.13. The number of rotatable bonds is 6. The van der Waals surface area contributed by atoms with Crippen molar-refractivity contribution >= 4 is 6.29 Å². The standard InChI is InChI=1S/C14H23NO/c1-2-3-4-5-6-7-8-11-15-12-9-10-14(15)13-16/h13-14H,2-6,9-12H2,1H3/t14-/m0/s1. The van der Waals surface area contributed by atoms with Crippen LogP contribution in [0.3, 0.4) is 0 Å². The van der Waals surface area contributed by atoms with Gasteiger partial charge in [0.1, 0.15) is 6.29 Å². The molecule has 0 saturated carbocycles. The highest BCUT2D eigenvalue weighted by molar-refractivity contribution is 5.58. The summed E-state index contributed by atoms with van der Waals surface area (Å²) in [5.41, 5.74) is 0.